The Morgan fingerprint density at radius 1 is 0.538 bits per heavy atom. The third-order valence-corrected chi connectivity index (χ3v) is 1.76. The average molecular weight is 214 g/mol. The van der Waals surface area contributed by atoms with Crippen molar-refractivity contribution in [2.75, 3.05) is 0 Å². The van der Waals surface area contributed by atoms with Crippen LogP contribution < -0.4 is 0 Å². The van der Waals surface area contributed by atoms with Gasteiger partial charge in [-0.15, -0.1) is 0 Å². The Bertz CT molecular complexity index is 205. The number of hydrogen-bond acceptors (Lipinski definition) is 0. The van der Waals surface area contributed by atoms with E-state index in [0.717, 1.165) is 0 Å². The van der Waals surface area contributed by atoms with Crippen molar-refractivity contribution in [3.05, 3.63) is 0 Å². The quantitative estimate of drug-likeness (QED) is 0.544. The van der Waals surface area contributed by atoms with Crippen LogP contribution in [0, 0.1) is 0 Å². The van der Waals surface area contributed by atoms with Crippen LogP contribution in [0.25, 0.3) is 0 Å². The second-order valence-electron chi connectivity index (χ2n) is 2.73. The highest BCUT2D eigenvalue weighted by molar-refractivity contribution is 5.12. The summed E-state index contributed by atoms with van der Waals surface area (Å²) in [6.45, 7) is 0. The molecule has 0 amide bonds. The average Bonchev–Trinajstić information content (AvgIpc) is 1.88. The van der Waals surface area contributed by atoms with E-state index in [1.54, 1.807) is 0 Å². The molecule has 8 heteroatoms. The van der Waals surface area contributed by atoms with Crippen LogP contribution in [0.3, 0.4) is 0 Å². The predicted octanol–water partition coefficient (Wildman–Crippen LogP) is 2.93. The number of hydrogen-bond donors (Lipinski definition) is 0. The van der Waals surface area contributed by atoms with Gasteiger partial charge >= 0.3 is 23.7 Å². The first-order valence-electron chi connectivity index (χ1n) is 2.97. The molecule has 0 aromatic heterocycles. The molecule has 0 saturated heterocycles. The molecule has 0 N–H and O–H groups in total. The predicted molar refractivity (Wildman–Crippen MR) is 24.4 cm³/mol. The Morgan fingerprint density at radius 3 is 0.846 bits per heavy atom. The summed E-state index contributed by atoms with van der Waals surface area (Å²) >= 11 is 0. The highest BCUT2D eigenvalue weighted by Gasteiger charge is 2.88. The fourth-order valence-corrected chi connectivity index (χ4v) is 0.960. The maximum atomic E-state index is 12.0. The van der Waals surface area contributed by atoms with Gasteiger partial charge in [0.2, 0.25) is 0 Å². The third-order valence-electron chi connectivity index (χ3n) is 1.76. The van der Waals surface area contributed by atoms with E-state index in [-0.39, 0.29) is 0 Å². The summed E-state index contributed by atoms with van der Waals surface area (Å²) in [6, 6.07) is 0. The normalized spacial score (nSPS) is 33.2. The molecule has 0 aromatic carbocycles. The largest absolute Gasteiger partial charge is 0.378 e. The van der Waals surface area contributed by atoms with E-state index < -0.39 is 30.1 Å². The van der Waals surface area contributed by atoms with E-state index in [9.17, 15) is 35.1 Å². The van der Waals surface area contributed by atoms with Crippen LogP contribution in [-0.4, -0.2) is 23.7 Å². The maximum absolute atomic E-state index is 12.0. The molecule has 1 saturated carbocycles. The first kappa shape index (κ1) is 10.5. The fourth-order valence-electron chi connectivity index (χ4n) is 0.960. The minimum absolute atomic E-state index is 2.83. The molecule has 0 aliphatic heterocycles. The molecule has 0 bridgehead atoms. The van der Waals surface area contributed by atoms with Crippen molar-refractivity contribution in [2.24, 2.45) is 0 Å². The van der Waals surface area contributed by atoms with Gasteiger partial charge in [-0.1, -0.05) is 0 Å². The van der Waals surface area contributed by atoms with E-state index in [2.05, 4.69) is 0 Å². The lowest BCUT2D eigenvalue weighted by Gasteiger charge is -2.23. The van der Waals surface area contributed by atoms with Gasteiger partial charge < -0.3 is 0 Å². The number of rotatable bonds is 0. The molecule has 1 fully saturated rings. The van der Waals surface area contributed by atoms with Crippen LogP contribution in [0.15, 0.2) is 0 Å². The zero-order valence-corrected chi connectivity index (χ0v) is 5.73. The summed E-state index contributed by atoms with van der Waals surface area (Å²) in [6.07, 6.45) is -2.83. The Labute approximate surface area is 66.5 Å². The van der Waals surface area contributed by atoms with Crippen molar-refractivity contribution >= 4 is 0 Å². The molecule has 1 aliphatic rings. The van der Waals surface area contributed by atoms with Crippen molar-refractivity contribution in [1.82, 2.24) is 0 Å². The molecule has 0 unspecified atom stereocenters. The SMILES string of the molecule is FC1(F)CC(F)(F)C(F)(F)C1(F)F. The van der Waals surface area contributed by atoms with E-state index in [4.69, 9.17) is 0 Å². The van der Waals surface area contributed by atoms with Crippen LogP contribution in [0.5, 0.6) is 0 Å². The second kappa shape index (κ2) is 2.09. The topological polar surface area (TPSA) is 0 Å². The van der Waals surface area contributed by atoms with Crippen LogP contribution in [0.4, 0.5) is 35.1 Å². The Hall–Kier alpha value is -0.560. The maximum Gasteiger partial charge on any atom is 0.378 e. The van der Waals surface area contributed by atoms with Crippen molar-refractivity contribution in [3.63, 3.8) is 0 Å². The fraction of sp³-hybridized carbons (Fsp3) is 1.00. The van der Waals surface area contributed by atoms with Gasteiger partial charge in [0.1, 0.15) is 0 Å². The van der Waals surface area contributed by atoms with Crippen molar-refractivity contribution in [3.8, 4) is 0 Å². The Kier molecular flexibility index (Phi) is 1.69. The number of alkyl halides is 8. The summed E-state index contributed by atoms with van der Waals surface area (Å²) in [5.74, 6) is -22.7. The van der Waals surface area contributed by atoms with E-state index in [0.29, 0.717) is 0 Å². The first-order valence-corrected chi connectivity index (χ1v) is 2.97. The molecule has 1 rings (SSSR count). The summed E-state index contributed by atoms with van der Waals surface area (Å²) in [5, 5.41) is 0. The van der Waals surface area contributed by atoms with Crippen LogP contribution in [0.1, 0.15) is 6.42 Å². The van der Waals surface area contributed by atoms with Gasteiger partial charge in [-0.05, 0) is 0 Å². The molecular weight excluding hydrogens is 212 g/mol. The van der Waals surface area contributed by atoms with Gasteiger partial charge in [-0.2, -0.15) is 35.1 Å². The van der Waals surface area contributed by atoms with Crippen molar-refractivity contribution in [2.45, 2.75) is 30.1 Å². The van der Waals surface area contributed by atoms with E-state index >= 15 is 0 Å². The lowest BCUT2D eigenvalue weighted by molar-refractivity contribution is -0.303. The summed E-state index contributed by atoms with van der Waals surface area (Å²) in [4.78, 5) is 0. The lowest BCUT2D eigenvalue weighted by atomic mass is 10.2. The van der Waals surface area contributed by atoms with Crippen LogP contribution in [-0.2, 0) is 0 Å². The zero-order chi connectivity index (χ0) is 10.7. The minimum atomic E-state index is -6.00. The molecule has 0 nitrogen and oxygen atoms in total. The molecule has 0 radical (unpaired) electrons. The molecule has 0 heterocycles. The Morgan fingerprint density at radius 2 is 0.769 bits per heavy atom. The van der Waals surface area contributed by atoms with Crippen molar-refractivity contribution in [1.29, 1.82) is 0 Å². The lowest BCUT2D eigenvalue weighted by Crippen LogP contribution is -2.51. The minimum Gasteiger partial charge on any atom is -0.199 e. The first-order chi connectivity index (χ1) is 5.46. The standard InChI is InChI=1S/C5H2F8/c6-2(7)1-3(8,9)5(12,13)4(2,10)11/h1H2. The molecular formula is C5H2F8. The smallest absolute Gasteiger partial charge is 0.199 e. The third kappa shape index (κ3) is 0.969. The van der Waals surface area contributed by atoms with Gasteiger partial charge in [0, 0.05) is 0 Å². The van der Waals surface area contributed by atoms with Gasteiger partial charge in [0.05, 0.1) is 6.42 Å². The summed E-state index contributed by atoms with van der Waals surface area (Å²) in [7, 11) is 0. The summed E-state index contributed by atoms with van der Waals surface area (Å²) in [5.41, 5.74) is 0. The van der Waals surface area contributed by atoms with E-state index in [1.807, 2.05) is 0 Å². The van der Waals surface area contributed by atoms with E-state index in [1.165, 1.54) is 0 Å². The second-order valence-corrected chi connectivity index (χ2v) is 2.73. The molecule has 0 aromatic rings. The molecule has 78 valence electrons. The van der Waals surface area contributed by atoms with Crippen molar-refractivity contribution < 1.29 is 35.1 Å². The van der Waals surface area contributed by atoms with Gasteiger partial charge in [0.15, 0.2) is 0 Å². The molecule has 1 aliphatic carbocycles. The Balaban J connectivity index is 3.24. The van der Waals surface area contributed by atoms with Gasteiger partial charge in [-0.25, -0.2) is 0 Å². The highest BCUT2D eigenvalue weighted by atomic mass is 19.4. The van der Waals surface area contributed by atoms with Gasteiger partial charge in [-0.3, -0.25) is 0 Å². The molecule has 0 spiro atoms. The highest BCUT2D eigenvalue weighted by Crippen LogP contribution is 2.62. The molecule has 13 heavy (non-hydrogen) atoms. The van der Waals surface area contributed by atoms with Crippen LogP contribution >= 0.6 is 0 Å². The molecule has 0 atom stereocenters. The monoisotopic (exact) mass is 214 g/mol. The number of halogens is 8. The zero-order valence-electron chi connectivity index (χ0n) is 5.73. The van der Waals surface area contributed by atoms with Gasteiger partial charge in [0.25, 0.3) is 0 Å². The summed E-state index contributed by atoms with van der Waals surface area (Å²) < 4.78 is 96.1. The van der Waals surface area contributed by atoms with Crippen LogP contribution in [0.2, 0.25) is 0 Å².